The van der Waals surface area contributed by atoms with Crippen LogP contribution < -0.4 is 4.90 Å². The van der Waals surface area contributed by atoms with Gasteiger partial charge in [0.15, 0.2) is 0 Å². The zero-order chi connectivity index (χ0) is 31.6. The molecule has 0 saturated heterocycles. The molecule has 1 aliphatic heterocycles. The van der Waals surface area contributed by atoms with Gasteiger partial charge in [0.2, 0.25) is 0 Å². The maximum atomic E-state index is 2.51. The monoisotopic (exact) mass is 612 g/mol. The Balaban J connectivity index is 1.08. The van der Waals surface area contributed by atoms with Gasteiger partial charge >= 0.3 is 0 Å². The van der Waals surface area contributed by atoms with Crippen LogP contribution in [0.15, 0.2) is 182 Å². The summed E-state index contributed by atoms with van der Waals surface area (Å²) < 4.78 is 2.43. The third kappa shape index (κ3) is 4.13. The summed E-state index contributed by atoms with van der Waals surface area (Å²) >= 11 is 0. The van der Waals surface area contributed by atoms with Gasteiger partial charge in [-0.15, -0.1) is 0 Å². The van der Waals surface area contributed by atoms with Gasteiger partial charge in [0.05, 0.1) is 22.8 Å². The fourth-order valence-electron chi connectivity index (χ4n) is 8.08. The van der Waals surface area contributed by atoms with E-state index in [2.05, 4.69) is 191 Å². The average Bonchev–Trinajstić information content (AvgIpc) is 3.67. The zero-order valence-corrected chi connectivity index (χ0v) is 26.4. The van der Waals surface area contributed by atoms with Crippen molar-refractivity contribution in [1.29, 1.82) is 0 Å². The first-order valence-corrected chi connectivity index (χ1v) is 16.8. The van der Waals surface area contributed by atoms with Crippen molar-refractivity contribution in [2.45, 2.75) is 12.0 Å². The Morgan fingerprint density at radius 1 is 0.417 bits per heavy atom. The summed E-state index contributed by atoms with van der Waals surface area (Å²) in [5, 5.41) is 5.06. The number of hydrogen-bond donors (Lipinski definition) is 0. The molecule has 10 rings (SSSR count). The van der Waals surface area contributed by atoms with E-state index in [0.717, 1.165) is 0 Å². The lowest BCUT2D eigenvalue weighted by atomic mass is 9.89. The maximum absolute atomic E-state index is 2.51. The van der Waals surface area contributed by atoms with Crippen LogP contribution in [0.25, 0.3) is 60.5 Å². The molecule has 1 aromatic heterocycles. The van der Waals surface area contributed by atoms with Gasteiger partial charge in [-0.05, 0) is 81.7 Å². The Bertz CT molecular complexity index is 2560. The van der Waals surface area contributed by atoms with E-state index in [4.69, 9.17) is 0 Å². The van der Waals surface area contributed by atoms with E-state index in [1.54, 1.807) is 0 Å². The molecule has 0 radical (unpaired) electrons. The standard InChI is InChI=1S/C46H32N2/c1-2-11-31(12-3-1)32-21-25-36(26-22-32)47-43-18-8-6-16-38(43)40-29-34(23-27-45(40)47)35-24-28-46-41(30-35)39-17-7-9-19-44(39)48(46)42-20-10-14-33-13-4-5-15-37(33)42/h1-30,38,43H. The van der Waals surface area contributed by atoms with E-state index in [9.17, 15) is 0 Å². The van der Waals surface area contributed by atoms with Crippen molar-refractivity contribution in [2.24, 2.45) is 0 Å². The summed E-state index contributed by atoms with van der Waals surface area (Å²) in [4.78, 5) is 2.51. The second kappa shape index (κ2) is 10.7. The van der Waals surface area contributed by atoms with Crippen molar-refractivity contribution in [3.05, 3.63) is 188 Å². The van der Waals surface area contributed by atoms with Crippen LogP contribution in [0.3, 0.4) is 0 Å². The van der Waals surface area contributed by atoms with E-state index in [1.807, 2.05) is 0 Å². The molecule has 0 amide bonds. The summed E-state index contributed by atoms with van der Waals surface area (Å²) in [6.45, 7) is 0. The van der Waals surface area contributed by atoms with Crippen molar-refractivity contribution in [3.63, 3.8) is 0 Å². The number of para-hydroxylation sites is 1. The molecule has 8 aromatic rings. The quantitative estimate of drug-likeness (QED) is 0.192. The van der Waals surface area contributed by atoms with Crippen LogP contribution >= 0.6 is 0 Å². The molecule has 2 heteroatoms. The molecule has 1 aliphatic carbocycles. The normalized spacial score (nSPS) is 16.5. The summed E-state index contributed by atoms with van der Waals surface area (Å²) in [6, 6.07) is 58.1. The van der Waals surface area contributed by atoms with Crippen LogP contribution in [0.4, 0.5) is 11.4 Å². The number of hydrogen-bond acceptors (Lipinski definition) is 1. The average molecular weight is 613 g/mol. The van der Waals surface area contributed by atoms with Crippen LogP contribution in [0, 0.1) is 0 Å². The highest BCUT2D eigenvalue weighted by atomic mass is 15.2. The fourth-order valence-corrected chi connectivity index (χ4v) is 8.08. The van der Waals surface area contributed by atoms with Gasteiger partial charge in [-0.1, -0.05) is 133 Å². The Morgan fingerprint density at radius 2 is 1.08 bits per heavy atom. The number of fused-ring (bicyclic) bond motifs is 7. The van der Waals surface area contributed by atoms with Crippen molar-refractivity contribution in [2.75, 3.05) is 4.90 Å². The van der Waals surface area contributed by atoms with Crippen molar-refractivity contribution >= 4 is 44.0 Å². The molecular formula is C46H32N2. The highest BCUT2D eigenvalue weighted by Gasteiger charge is 2.37. The summed E-state index contributed by atoms with van der Waals surface area (Å²) in [5.41, 5.74) is 12.5. The second-order valence-electron chi connectivity index (χ2n) is 12.9. The van der Waals surface area contributed by atoms with E-state index in [0.29, 0.717) is 5.92 Å². The Hall–Kier alpha value is -6.12. The van der Waals surface area contributed by atoms with E-state index < -0.39 is 0 Å². The lowest BCUT2D eigenvalue weighted by Crippen LogP contribution is -2.28. The third-order valence-electron chi connectivity index (χ3n) is 10.3. The van der Waals surface area contributed by atoms with Crippen molar-refractivity contribution < 1.29 is 0 Å². The molecule has 2 atom stereocenters. The maximum Gasteiger partial charge on any atom is 0.0629 e. The molecule has 0 bridgehead atoms. The van der Waals surface area contributed by atoms with Crippen LogP contribution in [0.5, 0.6) is 0 Å². The first-order chi connectivity index (χ1) is 23.8. The molecular weight excluding hydrogens is 581 g/mol. The van der Waals surface area contributed by atoms with E-state index in [1.165, 1.54) is 77.5 Å². The van der Waals surface area contributed by atoms with Crippen LogP contribution in [0.1, 0.15) is 11.5 Å². The number of anilines is 2. The van der Waals surface area contributed by atoms with Gasteiger partial charge in [0.25, 0.3) is 0 Å². The van der Waals surface area contributed by atoms with Gasteiger partial charge < -0.3 is 9.47 Å². The predicted octanol–water partition coefficient (Wildman–Crippen LogP) is 12.0. The van der Waals surface area contributed by atoms with Crippen molar-refractivity contribution in [3.8, 4) is 27.9 Å². The predicted molar refractivity (Wildman–Crippen MR) is 203 cm³/mol. The first kappa shape index (κ1) is 27.0. The van der Waals surface area contributed by atoms with Gasteiger partial charge in [-0.3, -0.25) is 0 Å². The highest BCUT2D eigenvalue weighted by Crippen LogP contribution is 2.49. The summed E-state index contributed by atoms with van der Waals surface area (Å²) in [6.07, 6.45) is 9.11. The third-order valence-corrected chi connectivity index (χ3v) is 10.3. The Labute approximate surface area is 280 Å². The largest absolute Gasteiger partial charge is 0.333 e. The molecule has 48 heavy (non-hydrogen) atoms. The Morgan fingerprint density at radius 3 is 1.98 bits per heavy atom. The van der Waals surface area contributed by atoms with Gasteiger partial charge in [0.1, 0.15) is 0 Å². The first-order valence-electron chi connectivity index (χ1n) is 16.8. The zero-order valence-electron chi connectivity index (χ0n) is 26.4. The number of benzene rings is 7. The van der Waals surface area contributed by atoms with Gasteiger partial charge in [-0.2, -0.15) is 0 Å². The molecule has 0 spiro atoms. The van der Waals surface area contributed by atoms with Crippen molar-refractivity contribution in [1.82, 2.24) is 4.57 Å². The molecule has 7 aromatic carbocycles. The minimum Gasteiger partial charge on any atom is -0.333 e. The van der Waals surface area contributed by atoms with E-state index >= 15 is 0 Å². The van der Waals surface area contributed by atoms with Gasteiger partial charge in [0, 0.05) is 33.5 Å². The van der Waals surface area contributed by atoms with Crippen LogP contribution in [-0.4, -0.2) is 10.6 Å². The summed E-state index contributed by atoms with van der Waals surface area (Å²) in [5.74, 6) is 0.302. The minimum atomic E-state index is 0.254. The number of nitrogens with zero attached hydrogens (tertiary/aromatic N) is 2. The number of allylic oxidation sites excluding steroid dienone is 2. The SMILES string of the molecule is C1=CC2c3cc(-c4ccc5c(c4)c4ccccc4n5-c4cccc5ccccc45)ccc3N(c3ccc(-c4ccccc4)cc3)C2C=C1. The molecule has 0 saturated carbocycles. The molecule has 0 N–H and O–H groups in total. The topological polar surface area (TPSA) is 8.17 Å². The number of rotatable bonds is 4. The molecule has 2 heterocycles. The molecule has 226 valence electrons. The molecule has 2 unspecified atom stereocenters. The van der Waals surface area contributed by atoms with Crippen LogP contribution in [-0.2, 0) is 0 Å². The lowest BCUT2D eigenvalue weighted by molar-refractivity contribution is 0.745. The smallest absolute Gasteiger partial charge is 0.0629 e. The minimum absolute atomic E-state index is 0.254. The Kier molecular flexibility index (Phi) is 6.04. The number of aromatic nitrogens is 1. The second-order valence-corrected chi connectivity index (χ2v) is 12.9. The van der Waals surface area contributed by atoms with Gasteiger partial charge in [-0.25, -0.2) is 0 Å². The molecule has 2 aliphatic rings. The fraction of sp³-hybridized carbons (Fsp3) is 0.0435. The highest BCUT2D eigenvalue weighted by molar-refractivity contribution is 6.11. The molecule has 0 fully saturated rings. The lowest BCUT2D eigenvalue weighted by Gasteiger charge is -2.28. The van der Waals surface area contributed by atoms with Crippen LogP contribution in [0.2, 0.25) is 0 Å². The summed E-state index contributed by atoms with van der Waals surface area (Å²) in [7, 11) is 0. The molecule has 2 nitrogen and oxygen atoms in total. The van der Waals surface area contributed by atoms with E-state index in [-0.39, 0.29) is 6.04 Å².